The second-order valence-electron chi connectivity index (χ2n) is 4.21. The van der Waals surface area contributed by atoms with E-state index in [-0.39, 0.29) is 0 Å². The number of hydrogen-bond acceptors (Lipinski definition) is 6. The molecule has 0 aromatic carbocycles. The van der Waals surface area contributed by atoms with Crippen molar-refractivity contribution in [1.29, 1.82) is 0 Å². The first-order valence-electron chi connectivity index (χ1n) is 5.86. The van der Waals surface area contributed by atoms with Crippen LogP contribution in [0, 0.1) is 0 Å². The molecule has 0 aliphatic heterocycles. The van der Waals surface area contributed by atoms with Crippen molar-refractivity contribution in [2.24, 2.45) is 0 Å². The Morgan fingerprint density at radius 2 is 2.06 bits per heavy atom. The molecule has 0 spiro atoms. The Kier molecular flexibility index (Phi) is 4.09. The van der Waals surface area contributed by atoms with E-state index in [0.29, 0.717) is 5.92 Å². The molecular weight excluding hydrogens is 246 g/mol. The Bertz CT molecular complexity index is 495. The van der Waals surface area contributed by atoms with Crippen LogP contribution in [-0.2, 0) is 6.54 Å². The van der Waals surface area contributed by atoms with Crippen molar-refractivity contribution in [2.75, 3.05) is 17.7 Å². The van der Waals surface area contributed by atoms with Crippen molar-refractivity contribution in [3.05, 3.63) is 28.5 Å². The second-order valence-corrected chi connectivity index (χ2v) is 5.18. The van der Waals surface area contributed by atoms with E-state index in [4.69, 9.17) is 0 Å². The lowest BCUT2D eigenvalue weighted by Gasteiger charge is -2.16. The van der Waals surface area contributed by atoms with Crippen LogP contribution in [0.5, 0.6) is 0 Å². The van der Waals surface area contributed by atoms with Gasteiger partial charge >= 0.3 is 0 Å². The first-order valence-corrected chi connectivity index (χ1v) is 6.74. The van der Waals surface area contributed by atoms with Gasteiger partial charge in [-0.3, -0.25) is 4.98 Å². The van der Waals surface area contributed by atoms with E-state index in [2.05, 4.69) is 39.4 Å². The fourth-order valence-electron chi connectivity index (χ4n) is 1.78. The number of anilines is 2. The molecule has 0 fully saturated rings. The highest BCUT2D eigenvalue weighted by Gasteiger charge is 2.13. The van der Waals surface area contributed by atoms with E-state index >= 15 is 0 Å². The highest BCUT2D eigenvalue weighted by molar-refractivity contribution is 7.09. The van der Waals surface area contributed by atoms with Gasteiger partial charge < -0.3 is 10.6 Å². The van der Waals surface area contributed by atoms with Crippen molar-refractivity contribution in [1.82, 2.24) is 15.0 Å². The normalized spacial score (nSPS) is 10.7. The highest BCUT2D eigenvalue weighted by Crippen LogP contribution is 2.28. The number of rotatable bonds is 5. The molecule has 0 aliphatic carbocycles. The Morgan fingerprint density at radius 1 is 1.28 bits per heavy atom. The maximum atomic E-state index is 4.33. The van der Waals surface area contributed by atoms with Crippen molar-refractivity contribution in [2.45, 2.75) is 26.3 Å². The lowest BCUT2D eigenvalue weighted by molar-refractivity contribution is 0.847. The smallest absolute Gasteiger partial charge is 0.135 e. The molecule has 0 saturated heterocycles. The van der Waals surface area contributed by atoms with Crippen LogP contribution in [0.3, 0.4) is 0 Å². The first-order chi connectivity index (χ1) is 8.72. The molecule has 0 aliphatic rings. The molecule has 2 aromatic rings. The topological polar surface area (TPSA) is 62.7 Å². The number of hydrogen-bond donors (Lipinski definition) is 2. The van der Waals surface area contributed by atoms with Gasteiger partial charge in [0.1, 0.15) is 18.0 Å². The van der Waals surface area contributed by atoms with Crippen LogP contribution in [0.4, 0.5) is 11.6 Å². The van der Waals surface area contributed by atoms with Crippen LogP contribution >= 0.6 is 11.3 Å². The van der Waals surface area contributed by atoms with Crippen molar-refractivity contribution >= 4 is 23.0 Å². The molecule has 96 valence electrons. The number of aromatic nitrogens is 3. The van der Waals surface area contributed by atoms with Gasteiger partial charge in [0.25, 0.3) is 0 Å². The Balaban J connectivity index is 2.21. The molecule has 2 N–H and O–H groups in total. The third-order valence-electron chi connectivity index (χ3n) is 2.61. The average molecular weight is 263 g/mol. The predicted molar refractivity (Wildman–Crippen MR) is 75.1 cm³/mol. The van der Waals surface area contributed by atoms with E-state index < -0.39 is 0 Å². The van der Waals surface area contributed by atoms with Gasteiger partial charge in [0.2, 0.25) is 0 Å². The minimum atomic E-state index is 0.359. The van der Waals surface area contributed by atoms with Gasteiger partial charge in [-0.2, -0.15) is 0 Å². The SMILES string of the molecule is CNc1ncnc(NCc2cncs2)c1C(C)C. The summed E-state index contributed by atoms with van der Waals surface area (Å²) in [6.07, 6.45) is 3.44. The molecule has 0 saturated carbocycles. The summed E-state index contributed by atoms with van der Waals surface area (Å²) in [5.41, 5.74) is 2.95. The molecule has 0 amide bonds. The van der Waals surface area contributed by atoms with Crippen LogP contribution in [0.1, 0.15) is 30.2 Å². The molecule has 18 heavy (non-hydrogen) atoms. The Labute approximate surface area is 111 Å². The third kappa shape index (κ3) is 2.76. The zero-order chi connectivity index (χ0) is 13.0. The lowest BCUT2D eigenvalue weighted by Crippen LogP contribution is -2.09. The quantitative estimate of drug-likeness (QED) is 0.868. The van der Waals surface area contributed by atoms with E-state index in [1.54, 1.807) is 17.7 Å². The summed E-state index contributed by atoms with van der Waals surface area (Å²) < 4.78 is 0. The maximum absolute atomic E-state index is 4.33. The van der Waals surface area contributed by atoms with Gasteiger partial charge in [0.15, 0.2) is 0 Å². The predicted octanol–water partition coefficient (Wildman–Crippen LogP) is 2.71. The molecule has 0 radical (unpaired) electrons. The van der Waals surface area contributed by atoms with Crippen molar-refractivity contribution < 1.29 is 0 Å². The van der Waals surface area contributed by atoms with Gasteiger partial charge in [-0.05, 0) is 5.92 Å². The van der Waals surface area contributed by atoms with Crippen molar-refractivity contribution in [3.8, 4) is 0 Å². The van der Waals surface area contributed by atoms with E-state index in [9.17, 15) is 0 Å². The summed E-state index contributed by atoms with van der Waals surface area (Å²) >= 11 is 1.63. The van der Waals surface area contributed by atoms with Crippen LogP contribution in [0.25, 0.3) is 0 Å². The summed E-state index contributed by atoms with van der Waals surface area (Å²) in [4.78, 5) is 13.8. The first kappa shape index (κ1) is 12.8. The van der Waals surface area contributed by atoms with Crippen LogP contribution in [0.2, 0.25) is 0 Å². The molecule has 0 bridgehead atoms. The summed E-state index contributed by atoms with van der Waals surface area (Å²) in [7, 11) is 1.88. The van der Waals surface area contributed by atoms with Gasteiger partial charge in [0, 0.05) is 23.7 Å². The minimum Gasteiger partial charge on any atom is -0.373 e. The van der Waals surface area contributed by atoms with E-state index in [0.717, 1.165) is 23.7 Å². The minimum absolute atomic E-state index is 0.359. The third-order valence-corrected chi connectivity index (χ3v) is 3.39. The zero-order valence-corrected chi connectivity index (χ0v) is 11.6. The Hall–Kier alpha value is -1.69. The maximum Gasteiger partial charge on any atom is 0.135 e. The summed E-state index contributed by atoms with van der Waals surface area (Å²) in [5.74, 6) is 2.13. The Morgan fingerprint density at radius 3 is 2.67 bits per heavy atom. The number of thiazole rings is 1. The number of nitrogens with one attached hydrogen (secondary N) is 2. The standard InChI is InChI=1S/C12H17N5S/c1-8(2)10-11(13-3)16-6-17-12(10)15-5-9-4-14-7-18-9/h4,6-8H,5H2,1-3H3,(H2,13,15,16,17). The second kappa shape index (κ2) is 5.77. The molecule has 2 rings (SSSR count). The van der Waals surface area contributed by atoms with Crippen LogP contribution in [-0.4, -0.2) is 22.0 Å². The zero-order valence-electron chi connectivity index (χ0n) is 10.8. The number of nitrogens with zero attached hydrogens (tertiary/aromatic N) is 3. The molecule has 2 aromatic heterocycles. The molecular formula is C12H17N5S. The fourth-order valence-corrected chi connectivity index (χ4v) is 2.32. The van der Waals surface area contributed by atoms with Gasteiger partial charge in [0.05, 0.1) is 12.1 Å². The average Bonchev–Trinajstić information content (AvgIpc) is 2.88. The molecule has 0 unspecified atom stereocenters. The van der Waals surface area contributed by atoms with Crippen molar-refractivity contribution in [3.63, 3.8) is 0 Å². The fraction of sp³-hybridized carbons (Fsp3) is 0.417. The van der Waals surface area contributed by atoms with Gasteiger partial charge in [-0.15, -0.1) is 11.3 Å². The summed E-state index contributed by atoms with van der Waals surface area (Å²) in [6, 6.07) is 0. The molecule has 0 atom stereocenters. The molecule has 6 heteroatoms. The monoisotopic (exact) mass is 263 g/mol. The van der Waals surface area contributed by atoms with Gasteiger partial charge in [-0.1, -0.05) is 13.8 Å². The van der Waals surface area contributed by atoms with Crippen LogP contribution in [0.15, 0.2) is 18.0 Å². The van der Waals surface area contributed by atoms with E-state index in [1.807, 2.05) is 18.8 Å². The molecule has 2 heterocycles. The highest BCUT2D eigenvalue weighted by atomic mass is 32.1. The van der Waals surface area contributed by atoms with Gasteiger partial charge in [-0.25, -0.2) is 9.97 Å². The summed E-state index contributed by atoms with van der Waals surface area (Å²) in [5, 5.41) is 6.46. The van der Waals surface area contributed by atoms with E-state index in [1.165, 1.54) is 4.88 Å². The largest absolute Gasteiger partial charge is 0.373 e. The lowest BCUT2D eigenvalue weighted by atomic mass is 10.0. The van der Waals surface area contributed by atoms with Crippen LogP contribution < -0.4 is 10.6 Å². The summed E-state index contributed by atoms with van der Waals surface area (Å²) in [6.45, 7) is 5.01. The molecule has 5 nitrogen and oxygen atoms in total.